The van der Waals surface area contributed by atoms with E-state index in [0.29, 0.717) is 31.1 Å². The number of carbonyl (C=O) groups excluding carboxylic acids is 2. The molecule has 0 aromatic heterocycles. The van der Waals surface area contributed by atoms with Crippen LogP contribution in [-0.4, -0.2) is 65.7 Å². The molecule has 2 amide bonds. The summed E-state index contributed by atoms with van der Waals surface area (Å²) in [6, 6.07) is 16.4. The van der Waals surface area contributed by atoms with E-state index in [0.717, 1.165) is 0 Å². The molecule has 0 spiro atoms. The molecule has 0 saturated carbocycles. The van der Waals surface area contributed by atoms with E-state index in [1.165, 1.54) is 34.0 Å². The van der Waals surface area contributed by atoms with Gasteiger partial charge in [-0.25, -0.2) is 4.79 Å². The molecule has 32 heavy (non-hydrogen) atoms. The van der Waals surface area contributed by atoms with Gasteiger partial charge in [-0.15, -0.1) is 0 Å². The first-order valence-corrected chi connectivity index (χ1v) is 11.8. The molecule has 0 unspecified atom stereocenters. The molecular formula is C24H26N2O5S. The van der Waals surface area contributed by atoms with Crippen LogP contribution in [0.1, 0.15) is 23.5 Å². The number of carbonyl (C=O) groups is 3. The Kier molecular flexibility index (Phi) is 6.99. The molecule has 2 aromatic carbocycles. The summed E-state index contributed by atoms with van der Waals surface area (Å²) < 4.78 is 5.49. The topological polar surface area (TPSA) is 95.9 Å². The number of carboxylic acids is 1. The Morgan fingerprint density at radius 1 is 1.03 bits per heavy atom. The van der Waals surface area contributed by atoms with Gasteiger partial charge in [0.15, 0.2) is 0 Å². The molecule has 1 fully saturated rings. The van der Waals surface area contributed by atoms with Gasteiger partial charge in [0, 0.05) is 37.2 Å². The minimum Gasteiger partial charge on any atom is -0.481 e. The number of benzene rings is 2. The first kappa shape index (κ1) is 22.2. The van der Waals surface area contributed by atoms with Gasteiger partial charge in [-0.2, -0.15) is 11.8 Å². The molecule has 7 nitrogen and oxygen atoms in total. The Morgan fingerprint density at radius 3 is 2.28 bits per heavy atom. The van der Waals surface area contributed by atoms with Crippen LogP contribution in [0.15, 0.2) is 48.5 Å². The van der Waals surface area contributed by atoms with E-state index >= 15 is 0 Å². The van der Waals surface area contributed by atoms with Gasteiger partial charge in [-0.1, -0.05) is 48.5 Å². The lowest BCUT2D eigenvalue weighted by Gasteiger charge is -2.38. The molecule has 1 heterocycles. The van der Waals surface area contributed by atoms with Crippen molar-refractivity contribution in [2.45, 2.75) is 12.3 Å². The Morgan fingerprint density at radius 2 is 1.66 bits per heavy atom. The van der Waals surface area contributed by atoms with Crippen molar-refractivity contribution in [3.8, 4) is 11.1 Å². The highest BCUT2D eigenvalue weighted by atomic mass is 32.2. The highest BCUT2D eigenvalue weighted by Gasteiger charge is 2.31. The van der Waals surface area contributed by atoms with Gasteiger partial charge < -0.3 is 20.1 Å². The summed E-state index contributed by atoms with van der Waals surface area (Å²) in [5.41, 5.74) is 4.73. The van der Waals surface area contributed by atoms with Crippen LogP contribution >= 0.6 is 11.8 Å². The number of nitrogens with one attached hydrogen (secondary N) is 1. The Labute approximate surface area is 191 Å². The molecule has 2 aliphatic rings. The maximum absolute atomic E-state index is 12.1. The van der Waals surface area contributed by atoms with Crippen molar-refractivity contribution in [3.05, 3.63) is 59.7 Å². The van der Waals surface area contributed by atoms with E-state index in [-0.39, 0.29) is 30.8 Å². The predicted molar refractivity (Wildman–Crippen MR) is 123 cm³/mol. The second kappa shape index (κ2) is 10.1. The van der Waals surface area contributed by atoms with Crippen LogP contribution in [0.3, 0.4) is 0 Å². The number of thioether (sulfide) groups is 1. The summed E-state index contributed by atoms with van der Waals surface area (Å²) >= 11 is 1.44. The lowest BCUT2D eigenvalue weighted by Crippen LogP contribution is -2.51. The van der Waals surface area contributed by atoms with Crippen molar-refractivity contribution in [1.82, 2.24) is 10.2 Å². The summed E-state index contributed by atoms with van der Waals surface area (Å²) in [4.78, 5) is 36.5. The number of alkyl carbamates (subject to hydrolysis) is 1. The van der Waals surface area contributed by atoms with E-state index in [9.17, 15) is 14.4 Å². The van der Waals surface area contributed by atoms with Crippen LogP contribution < -0.4 is 5.32 Å². The van der Waals surface area contributed by atoms with Crippen molar-refractivity contribution in [2.24, 2.45) is 5.92 Å². The normalized spacial score (nSPS) is 14.9. The van der Waals surface area contributed by atoms with E-state index in [1.807, 2.05) is 24.3 Å². The van der Waals surface area contributed by atoms with Crippen LogP contribution in [0.5, 0.6) is 0 Å². The van der Waals surface area contributed by atoms with Crippen molar-refractivity contribution in [2.75, 3.05) is 37.7 Å². The second-order valence-electron chi connectivity index (χ2n) is 8.07. The summed E-state index contributed by atoms with van der Waals surface area (Å²) in [6.07, 6.45) is -0.348. The largest absolute Gasteiger partial charge is 0.481 e. The van der Waals surface area contributed by atoms with Crippen molar-refractivity contribution < 1.29 is 24.2 Å². The van der Waals surface area contributed by atoms with E-state index < -0.39 is 12.1 Å². The molecule has 1 aliphatic carbocycles. The van der Waals surface area contributed by atoms with Gasteiger partial charge in [0.05, 0.1) is 12.2 Å². The first-order chi connectivity index (χ1) is 15.5. The van der Waals surface area contributed by atoms with Gasteiger partial charge in [0.1, 0.15) is 6.61 Å². The number of likely N-dealkylation sites (tertiary alicyclic amines) is 1. The maximum atomic E-state index is 12.1. The molecule has 168 valence electrons. The molecule has 0 radical (unpaired) electrons. The average molecular weight is 455 g/mol. The van der Waals surface area contributed by atoms with E-state index in [4.69, 9.17) is 9.84 Å². The predicted octanol–water partition coefficient (Wildman–Crippen LogP) is 3.19. The zero-order valence-electron chi connectivity index (χ0n) is 17.7. The highest BCUT2D eigenvalue weighted by molar-refractivity contribution is 7.99. The number of rotatable bonds is 9. The Hall–Kier alpha value is -3.00. The molecule has 0 bridgehead atoms. The number of fused-ring (bicyclic) bond motifs is 3. The maximum Gasteiger partial charge on any atom is 0.407 e. The van der Waals surface area contributed by atoms with Gasteiger partial charge in [-0.3, -0.25) is 9.59 Å². The number of hydrogen-bond acceptors (Lipinski definition) is 5. The minimum absolute atomic E-state index is 0.0118. The highest BCUT2D eigenvalue weighted by Crippen LogP contribution is 2.44. The van der Waals surface area contributed by atoms with Crippen LogP contribution in [0.25, 0.3) is 11.1 Å². The van der Waals surface area contributed by atoms with E-state index in [2.05, 4.69) is 29.6 Å². The monoisotopic (exact) mass is 454 g/mol. The third-order valence-corrected chi connectivity index (χ3v) is 6.80. The SMILES string of the molecule is O=C(O)CC1CN(C(=O)CSCCNC(=O)OCC2c3ccccc3-c3ccccc32)C1. The second-order valence-corrected chi connectivity index (χ2v) is 9.17. The van der Waals surface area contributed by atoms with Crippen LogP contribution in [0, 0.1) is 5.92 Å². The number of ether oxygens (including phenoxy) is 1. The van der Waals surface area contributed by atoms with Gasteiger partial charge >= 0.3 is 12.1 Å². The lowest BCUT2D eigenvalue weighted by molar-refractivity contribution is -0.143. The fourth-order valence-corrected chi connectivity index (χ4v) is 5.02. The zero-order chi connectivity index (χ0) is 22.5. The quantitative estimate of drug-likeness (QED) is 0.565. The van der Waals surface area contributed by atoms with Crippen LogP contribution in [0.4, 0.5) is 4.79 Å². The molecule has 4 rings (SSSR count). The number of aliphatic carboxylic acids is 1. The van der Waals surface area contributed by atoms with Crippen molar-refractivity contribution in [1.29, 1.82) is 0 Å². The zero-order valence-corrected chi connectivity index (χ0v) is 18.5. The summed E-state index contributed by atoms with van der Waals surface area (Å²) in [6.45, 7) is 1.72. The summed E-state index contributed by atoms with van der Waals surface area (Å²) in [5.74, 6) is 0.209. The smallest absolute Gasteiger partial charge is 0.407 e. The van der Waals surface area contributed by atoms with Gasteiger partial charge in [-0.05, 0) is 22.3 Å². The first-order valence-electron chi connectivity index (χ1n) is 10.7. The molecule has 0 atom stereocenters. The lowest BCUT2D eigenvalue weighted by atomic mass is 9.96. The third kappa shape index (κ3) is 5.07. The molecule has 2 N–H and O–H groups in total. The number of hydrogen-bond donors (Lipinski definition) is 2. The Bertz CT molecular complexity index is 960. The van der Waals surface area contributed by atoms with Gasteiger partial charge in [0.2, 0.25) is 5.91 Å². The van der Waals surface area contributed by atoms with Crippen molar-refractivity contribution >= 4 is 29.7 Å². The number of carboxylic acid groups (broad SMARTS) is 1. The summed E-state index contributed by atoms with van der Waals surface area (Å²) in [7, 11) is 0. The molecular weight excluding hydrogens is 428 g/mol. The fraction of sp³-hybridized carbons (Fsp3) is 0.375. The molecule has 8 heteroatoms. The molecule has 1 aliphatic heterocycles. The third-order valence-electron chi connectivity index (χ3n) is 5.86. The number of amides is 2. The fourth-order valence-electron chi connectivity index (χ4n) is 4.28. The van der Waals surface area contributed by atoms with Crippen LogP contribution in [0.2, 0.25) is 0 Å². The van der Waals surface area contributed by atoms with E-state index in [1.54, 1.807) is 4.90 Å². The van der Waals surface area contributed by atoms with Crippen molar-refractivity contribution in [3.63, 3.8) is 0 Å². The summed E-state index contributed by atoms with van der Waals surface area (Å²) in [5, 5.41) is 11.5. The van der Waals surface area contributed by atoms with Gasteiger partial charge in [0.25, 0.3) is 0 Å². The van der Waals surface area contributed by atoms with Crippen LogP contribution in [-0.2, 0) is 14.3 Å². The minimum atomic E-state index is -0.823. The number of nitrogens with zero attached hydrogens (tertiary/aromatic N) is 1. The standard InChI is InChI=1S/C24H26N2O5S/c27-22(26-12-16(13-26)11-23(28)29)15-32-10-9-25-24(30)31-14-21-19-7-3-1-5-17(19)18-6-2-4-8-20(18)21/h1-8,16,21H,9-15H2,(H,25,30)(H,28,29). The Balaban J connectivity index is 1.14. The average Bonchev–Trinajstić information content (AvgIpc) is 3.08. The molecule has 1 saturated heterocycles. The molecule has 2 aromatic rings.